The first-order valence-corrected chi connectivity index (χ1v) is 7.89. The van der Waals surface area contributed by atoms with E-state index < -0.39 is 0 Å². The van der Waals surface area contributed by atoms with Crippen LogP contribution in [0.4, 0.5) is 5.69 Å². The van der Waals surface area contributed by atoms with Gasteiger partial charge in [-0.15, -0.1) is 0 Å². The van der Waals surface area contributed by atoms with Gasteiger partial charge < -0.3 is 19.1 Å². The highest BCUT2D eigenvalue weighted by atomic mass is 16.5. The summed E-state index contributed by atoms with van der Waals surface area (Å²) < 4.78 is 16.3. The number of hydrogen-bond donors (Lipinski definition) is 0. The molecule has 2 aromatic carbocycles. The van der Waals surface area contributed by atoms with E-state index in [9.17, 15) is 4.79 Å². The predicted molar refractivity (Wildman–Crippen MR) is 92.1 cm³/mol. The average Bonchev–Trinajstić information content (AvgIpc) is 2.94. The Hall–Kier alpha value is -2.69. The molecule has 0 fully saturated rings. The lowest BCUT2D eigenvalue weighted by molar-refractivity contribution is -0.120. The average molecular weight is 327 g/mol. The first kappa shape index (κ1) is 16.2. The van der Waals surface area contributed by atoms with Crippen LogP contribution < -0.4 is 19.1 Å². The molecule has 24 heavy (non-hydrogen) atoms. The van der Waals surface area contributed by atoms with Gasteiger partial charge >= 0.3 is 0 Å². The number of rotatable bonds is 5. The number of anilines is 1. The molecule has 1 heterocycles. The molecule has 1 amide bonds. The summed E-state index contributed by atoms with van der Waals surface area (Å²) in [7, 11) is 3.11. The SMILES string of the molecule is COc1cccc(OCC(=O)N2c3ccccc3CC2C)c1OC. The van der Waals surface area contributed by atoms with E-state index in [2.05, 4.69) is 6.07 Å². The van der Waals surface area contributed by atoms with Gasteiger partial charge in [-0.3, -0.25) is 4.79 Å². The summed E-state index contributed by atoms with van der Waals surface area (Å²) in [6, 6.07) is 13.5. The van der Waals surface area contributed by atoms with Crippen LogP contribution in [0, 0.1) is 0 Å². The minimum Gasteiger partial charge on any atom is -0.493 e. The van der Waals surface area contributed by atoms with Crippen molar-refractivity contribution in [2.75, 3.05) is 25.7 Å². The van der Waals surface area contributed by atoms with Gasteiger partial charge in [-0.1, -0.05) is 24.3 Å². The number of para-hydroxylation sites is 2. The summed E-state index contributed by atoms with van der Waals surface area (Å²) in [5.41, 5.74) is 2.16. The molecule has 1 aliphatic rings. The molecule has 5 heteroatoms. The van der Waals surface area contributed by atoms with Crippen molar-refractivity contribution in [3.63, 3.8) is 0 Å². The second kappa shape index (κ2) is 6.83. The van der Waals surface area contributed by atoms with Gasteiger partial charge in [0.1, 0.15) is 0 Å². The van der Waals surface area contributed by atoms with Crippen LogP contribution in [0.15, 0.2) is 42.5 Å². The summed E-state index contributed by atoms with van der Waals surface area (Å²) in [6.07, 6.45) is 0.865. The fraction of sp³-hybridized carbons (Fsp3) is 0.316. The lowest BCUT2D eigenvalue weighted by Crippen LogP contribution is -2.39. The Bertz CT molecular complexity index is 744. The summed E-state index contributed by atoms with van der Waals surface area (Å²) in [4.78, 5) is 14.5. The number of carbonyl (C=O) groups excluding carboxylic acids is 1. The minimum absolute atomic E-state index is 0.0534. The van der Waals surface area contributed by atoms with Gasteiger partial charge in [-0.2, -0.15) is 0 Å². The number of benzene rings is 2. The van der Waals surface area contributed by atoms with Crippen molar-refractivity contribution in [2.45, 2.75) is 19.4 Å². The van der Waals surface area contributed by atoms with E-state index >= 15 is 0 Å². The summed E-state index contributed by atoms with van der Waals surface area (Å²) in [6.45, 7) is 1.99. The topological polar surface area (TPSA) is 48.0 Å². The van der Waals surface area contributed by atoms with E-state index in [1.165, 1.54) is 5.56 Å². The van der Waals surface area contributed by atoms with Crippen LogP contribution in [-0.2, 0) is 11.2 Å². The fourth-order valence-corrected chi connectivity index (χ4v) is 3.13. The highest BCUT2D eigenvalue weighted by molar-refractivity contribution is 5.97. The van der Waals surface area contributed by atoms with Gasteiger partial charge in [0.2, 0.25) is 5.75 Å². The molecule has 0 N–H and O–H groups in total. The smallest absolute Gasteiger partial charge is 0.265 e. The zero-order chi connectivity index (χ0) is 17.1. The lowest BCUT2D eigenvalue weighted by Gasteiger charge is -2.23. The van der Waals surface area contributed by atoms with Crippen molar-refractivity contribution in [1.29, 1.82) is 0 Å². The van der Waals surface area contributed by atoms with Crippen LogP contribution in [0.25, 0.3) is 0 Å². The molecule has 1 unspecified atom stereocenters. The molecule has 5 nitrogen and oxygen atoms in total. The van der Waals surface area contributed by atoms with Crippen LogP contribution in [0.5, 0.6) is 17.2 Å². The van der Waals surface area contributed by atoms with Crippen molar-refractivity contribution >= 4 is 11.6 Å². The minimum atomic E-state index is -0.0719. The van der Waals surface area contributed by atoms with E-state index in [0.717, 1.165) is 12.1 Å². The standard InChI is InChI=1S/C19H21NO4/c1-13-11-14-7-4-5-8-15(14)20(13)18(21)12-24-17-10-6-9-16(22-2)19(17)23-3/h4-10,13H,11-12H2,1-3H3. The molecule has 3 rings (SSSR count). The Morgan fingerprint density at radius 3 is 2.58 bits per heavy atom. The van der Waals surface area contributed by atoms with Crippen LogP contribution >= 0.6 is 0 Å². The zero-order valence-corrected chi connectivity index (χ0v) is 14.1. The number of carbonyl (C=O) groups is 1. The number of fused-ring (bicyclic) bond motifs is 1. The van der Waals surface area contributed by atoms with E-state index in [1.807, 2.05) is 30.0 Å². The molecule has 0 saturated carbocycles. The maximum atomic E-state index is 12.7. The molecular formula is C19H21NO4. The maximum Gasteiger partial charge on any atom is 0.265 e. The third-order valence-corrected chi connectivity index (χ3v) is 4.19. The Balaban J connectivity index is 1.75. The van der Waals surface area contributed by atoms with E-state index in [4.69, 9.17) is 14.2 Å². The molecule has 1 aliphatic heterocycles. The molecule has 126 valence electrons. The summed E-state index contributed by atoms with van der Waals surface area (Å²) >= 11 is 0. The van der Waals surface area contributed by atoms with Crippen molar-refractivity contribution in [1.82, 2.24) is 0 Å². The third-order valence-electron chi connectivity index (χ3n) is 4.19. The molecule has 2 aromatic rings. The van der Waals surface area contributed by atoms with Crippen LogP contribution in [0.1, 0.15) is 12.5 Å². The number of methoxy groups -OCH3 is 2. The predicted octanol–water partition coefficient (Wildman–Crippen LogP) is 3.06. The van der Waals surface area contributed by atoms with Crippen molar-refractivity contribution in [3.8, 4) is 17.2 Å². The van der Waals surface area contributed by atoms with Gasteiger partial charge in [-0.25, -0.2) is 0 Å². The first-order valence-electron chi connectivity index (χ1n) is 7.89. The molecule has 1 atom stereocenters. The zero-order valence-electron chi connectivity index (χ0n) is 14.1. The number of hydrogen-bond acceptors (Lipinski definition) is 4. The number of amides is 1. The van der Waals surface area contributed by atoms with Gasteiger partial charge in [0.25, 0.3) is 5.91 Å². The Morgan fingerprint density at radius 2 is 1.83 bits per heavy atom. The third kappa shape index (κ3) is 2.89. The Morgan fingerprint density at radius 1 is 1.08 bits per heavy atom. The summed E-state index contributed by atoms with van der Waals surface area (Å²) in [5.74, 6) is 1.48. The number of nitrogens with zero attached hydrogens (tertiary/aromatic N) is 1. The molecule has 0 aliphatic carbocycles. The van der Waals surface area contributed by atoms with Gasteiger partial charge in [0.15, 0.2) is 18.1 Å². The highest BCUT2D eigenvalue weighted by Crippen LogP contribution is 2.37. The van der Waals surface area contributed by atoms with E-state index in [0.29, 0.717) is 17.2 Å². The van der Waals surface area contributed by atoms with Gasteiger partial charge in [0.05, 0.1) is 14.2 Å². The second-order valence-electron chi connectivity index (χ2n) is 5.73. The molecule has 0 radical (unpaired) electrons. The van der Waals surface area contributed by atoms with Crippen LogP contribution in [-0.4, -0.2) is 32.8 Å². The Labute approximate surface area is 141 Å². The maximum absolute atomic E-state index is 12.7. The second-order valence-corrected chi connectivity index (χ2v) is 5.73. The van der Waals surface area contributed by atoms with E-state index in [1.54, 1.807) is 32.4 Å². The van der Waals surface area contributed by atoms with Crippen molar-refractivity contribution < 1.29 is 19.0 Å². The largest absolute Gasteiger partial charge is 0.493 e. The molecule has 0 bridgehead atoms. The normalized spacial score (nSPS) is 15.8. The van der Waals surface area contributed by atoms with Gasteiger partial charge in [-0.05, 0) is 37.1 Å². The van der Waals surface area contributed by atoms with Crippen LogP contribution in [0.3, 0.4) is 0 Å². The quantitative estimate of drug-likeness (QED) is 0.847. The monoisotopic (exact) mass is 327 g/mol. The fourth-order valence-electron chi connectivity index (χ4n) is 3.13. The number of ether oxygens (including phenoxy) is 3. The highest BCUT2D eigenvalue weighted by Gasteiger charge is 2.30. The van der Waals surface area contributed by atoms with Crippen molar-refractivity contribution in [3.05, 3.63) is 48.0 Å². The van der Waals surface area contributed by atoms with Crippen LogP contribution in [0.2, 0.25) is 0 Å². The molecule has 0 saturated heterocycles. The Kier molecular flexibility index (Phi) is 4.60. The molecule has 0 aromatic heterocycles. The van der Waals surface area contributed by atoms with Gasteiger partial charge in [0, 0.05) is 11.7 Å². The lowest BCUT2D eigenvalue weighted by atomic mass is 10.1. The molecule has 0 spiro atoms. The van der Waals surface area contributed by atoms with Crippen molar-refractivity contribution in [2.24, 2.45) is 0 Å². The first-order chi connectivity index (χ1) is 11.7. The summed E-state index contributed by atoms with van der Waals surface area (Å²) in [5, 5.41) is 0. The molecular weight excluding hydrogens is 306 g/mol. The van der Waals surface area contributed by atoms with E-state index in [-0.39, 0.29) is 18.6 Å².